The molecule has 0 atom stereocenters. The lowest BCUT2D eigenvalue weighted by atomic mass is 10.1. The lowest BCUT2D eigenvalue weighted by Crippen LogP contribution is -1.89. The van der Waals surface area contributed by atoms with Gasteiger partial charge in [0.15, 0.2) is 0 Å². The van der Waals surface area contributed by atoms with Crippen LogP contribution in [0.25, 0.3) is 10.9 Å². The van der Waals surface area contributed by atoms with Gasteiger partial charge < -0.3 is 0 Å². The Morgan fingerprint density at radius 1 is 1.27 bits per heavy atom. The second-order valence-corrected chi connectivity index (χ2v) is 4.12. The minimum atomic E-state index is 1.19. The van der Waals surface area contributed by atoms with Crippen molar-refractivity contribution in [3.05, 3.63) is 30.0 Å². The number of rotatable bonds is 4. The Morgan fingerprint density at radius 2 is 2.13 bits per heavy atom. The van der Waals surface area contributed by atoms with Crippen LogP contribution in [0.1, 0.15) is 31.7 Å². The maximum Gasteiger partial charge on any atom is 0.0679 e. The van der Waals surface area contributed by atoms with Crippen LogP contribution in [-0.4, -0.2) is 9.78 Å². The molecule has 1 heterocycles. The first kappa shape index (κ1) is 10.2. The molecule has 0 aliphatic carbocycles. The molecular formula is C13H18N2. The van der Waals surface area contributed by atoms with E-state index in [1.807, 2.05) is 17.9 Å². The van der Waals surface area contributed by atoms with Crippen molar-refractivity contribution in [1.29, 1.82) is 0 Å². The smallest absolute Gasteiger partial charge is 0.0679 e. The Kier molecular flexibility index (Phi) is 3.05. The van der Waals surface area contributed by atoms with E-state index >= 15 is 0 Å². The topological polar surface area (TPSA) is 17.8 Å². The molecule has 80 valence electrons. The van der Waals surface area contributed by atoms with Crippen LogP contribution in [0.5, 0.6) is 0 Å². The van der Waals surface area contributed by atoms with Crippen molar-refractivity contribution < 1.29 is 0 Å². The highest BCUT2D eigenvalue weighted by atomic mass is 15.2. The molecule has 0 aliphatic rings. The second-order valence-electron chi connectivity index (χ2n) is 4.12. The standard InChI is InChI=1S/C13H18N2/c1-3-4-5-6-11-7-8-13-12(9-11)10-14-15(13)2/h7-10H,3-6H2,1-2H3. The highest BCUT2D eigenvalue weighted by Crippen LogP contribution is 2.16. The summed E-state index contributed by atoms with van der Waals surface area (Å²) in [7, 11) is 1.99. The van der Waals surface area contributed by atoms with Gasteiger partial charge in [-0.15, -0.1) is 0 Å². The number of hydrogen-bond donors (Lipinski definition) is 0. The molecule has 0 unspecified atom stereocenters. The number of nitrogens with zero attached hydrogens (tertiary/aromatic N) is 2. The van der Waals surface area contributed by atoms with Gasteiger partial charge in [-0.3, -0.25) is 4.68 Å². The average Bonchev–Trinajstić information content (AvgIpc) is 2.61. The highest BCUT2D eigenvalue weighted by Gasteiger charge is 2.00. The normalized spacial score (nSPS) is 11.1. The first-order valence-electron chi connectivity index (χ1n) is 5.72. The van der Waals surface area contributed by atoms with Gasteiger partial charge in [0.2, 0.25) is 0 Å². The average molecular weight is 202 g/mol. The van der Waals surface area contributed by atoms with Crippen molar-refractivity contribution in [2.24, 2.45) is 7.05 Å². The van der Waals surface area contributed by atoms with Crippen molar-refractivity contribution in [3.63, 3.8) is 0 Å². The zero-order chi connectivity index (χ0) is 10.7. The maximum atomic E-state index is 4.25. The number of fused-ring (bicyclic) bond motifs is 1. The summed E-state index contributed by atoms with van der Waals surface area (Å²) in [6.45, 7) is 2.24. The molecule has 2 rings (SSSR count). The Bertz CT molecular complexity index is 443. The summed E-state index contributed by atoms with van der Waals surface area (Å²) < 4.78 is 1.92. The molecule has 0 saturated carbocycles. The fourth-order valence-electron chi connectivity index (χ4n) is 1.95. The van der Waals surface area contributed by atoms with Crippen molar-refractivity contribution >= 4 is 10.9 Å². The zero-order valence-corrected chi connectivity index (χ0v) is 9.53. The maximum absolute atomic E-state index is 4.25. The van der Waals surface area contributed by atoms with Crippen LogP contribution in [0.15, 0.2) is 24.4 Å². The van der Waals surface area contributed by atoms with Crippen LogP contribution in [0.2, 0.25) is 0 Å². The van der Waals surface area contributed by atoms with E-state index in [1.165, 1.54) is 42.1 Å². The fraction of sp³-hybridized carbons (Fsp3) is 0.462. The van der Waals surface area contributed by atoms with Gasteiger partial charge in [0.05, 0.1) is 11.7 Å². The second kappa shape index (κ2) is 4.47. The van der Waals surface area contributed by atoms with E-state index in [2.05, 4.69) is 30.2 Å². The Labute approximate surface area is 90.9 Å². The Balaban J connectivity index is 2.16. The summed E-state index contributed by atoms with van der Waals surface area (Å²) in [6.07, 6.45) is 7.04. The van der Waals surface area contributed by atoms with Crippen LogP contribution in [0, 0.1) is 0 Å². The molecule has 0 aliphatic heterocycles. The molecule has 0 saturated heterocycles. The molecule has 0 amide bonds. The predicted molar refractivity (Wildman–Crippen MR) is 63.9 cm³/mol. The number of unbranched alkanes of at least 4 members (excludes halogenated alkanes) is 2. The zero-order valence-electron chi connectivity index (χ0n) is 9.53. The van der Waals surface area contributed by atoms with Gasteiger partial charge in [-0.1, -0.05) is 25.8 Å². The third-order valence-corrected chi connectivity index (χ3v) is 2.88. The molecule has 1 aromatic heterocycles. The molecule has 0 bridgehead atoms. The third kappa shape index (κ3) is 2.20. The molecule has 0 N–H and O–H groups in total. The minimum Gasteiger partial charge on any atom is -0.268 e. The van der Waals surface area contributed by atoms with Gasteiger partial charge in [0, 0.05) is 12.4 Å². The van der Waals surface area contributed by atoms with Gasteiger partial charge >= 0.3 is 0 Å². The monoisotopic (exact) mass is 202 g/mol. The molecule has 2 nitrogen and oxygen atoms in total. The van der Waals surface area contributed by atoms with Crippen LogP contribution < -0.4 is 0 Å². The van der Waals surface area contributed by atoms with Crippen molar-refractivity contribution in [2.75, 3.05) is 0 Å². The van der Waals surface area contributed by atoms with E-state index < -0.39 is 0 Å². The van der Waals surface area contributed by atoms with Crippen molar-refractivity contribution in [2.45, 2.75) is 32.6 Å². The Hall–Kier alpha value is -1.31. The van der Waals surface area contributed by atoms with Gasteiger partial charge in [-0.25, -0.2) is 0 Å². The summed E-state index contributed by atoms with van der Waals surface area (Å²) >= 11 is 0. The number of benzene rings is 1. The summed E-state index contributed by atoms with van der Waals surface area (Å²) in [5.41, 5.74) is 2.65. The van der Waals surface area contributed by atoms with Gasteiger partial charge in [-0.2, -0.15) is 5.10 Å². The summed E-state index contributed by atoms with van der Waals surface area (Å²) in [6, 6.07) is 6.65. The van der Waals surface area contributed by atoms with Crippen molar-refractivity contribution in [1.82, 2.24) is 9.78 Å². The van der Waals surface area contributed by atoms with Crippen molar-refractivity contribution in [3.8, 4) is 0 Å². The van der Waals surface area contributed by atoms with Crippen LogP contribution >= 0.6 is 0 Å². The van der Waals surface area contributed by atoms with Gasteiger partial charge in [-0.05, 0) is 30.5 Å². The summed E-state index contributed by atoms with van der Waals surface area (Å²) in [5.74, 6) is 0. The number of aryl methyl sites for hydroxylation is 2. The van der Waals surface area contributed by atoms with E-state index in [9.17, 15) is 0 Å². The lowest BCUT2D eigenvalue weighted by molar-refractivity contribution is 0.718. The van der Waals surface area contributed by atoms with E-state index in [0.717, 1.165) is 0 Å². The molecule has 15 heavy (non-hydrogen) atoms. The van der Waals surface area contributed by atoms with Crippen LogP contribution in [0.4, 0.5) is 0 Å². The largest absolute Gasteiger partial charge is 0.268 e. The Morgan fingerprint density at radius 3 is 2.93 bits per heavy atom. The third-order valence-electron chi connectivity index (χ3n) is 2.88. The van der Waals surface area contributed by atoms with Gasteiger partial charge in [0.1, 0.15) is 0 Å². The molecule has 0 spiro atoms. The highest BCUT2D eigenvalue weighted by molar-refractivity contribution is 5.79. The SMILES string of the molecule is CCCCCc1ccc2c(cnn2C)c1. The molecule has 2 aromatic rings. The molecule has 0 radical (unpaired) electrons. The minimum absolute atomic E-state index is 1.19. The fourth-order valence-corrected chi connectivity index (χ4v) is 1.95. The number of aromatic nitrogens is 2. The number of hydrogen-bond acceptors (Lipinski definition) is 1. The van der Waals surface area contributed by atoms with Gasteiger partial charge in [0.25, 0.3) is 0 Å². The molecular weight excluding hydrogens is 184 g/mol. The van der Waals surface area contributed by atoms with E-state index in [1.54, 1.807) is 0 Å². The van der Waals surface area contributed by atoms with E-state index in [4.69, 9.17) is 0 Å². The van der Waals surface area contributed by atoms with Crippen LogP contribution in [-0.2, 0) is 13.5 Å². The summed E-state index contributed by atoms with van der Waals surface area (Å²) in [4.78, 5) is 0. The first-order chi connectivity index (χ1) is 7.31. The molecule has 2 heteroatoms. The first-order valence-corrected chi connectivity index (χ1v) is 5.72. The molecule has 0 fully saturated rings. The van der Waals surface area contributed by atoms with Crippen LogP contribution in [0.3, 0.4) is 0 Å². The van der Waals surface area contributed by atoms with E-state index in [-0.39, 0.29) is 0 Å². The molecule has 1 aromatic carbocycles. The quantitative estimate of drug-likeness (QED) is 0.695. The lowest BCUT2D eigenvalue weighted by Gasteiger charge is -2.01. The summed E-state index contributed by atoms with van der Waals surface area (Å²) in [5, 5.41) is 5.51. The van der Waals surface area contributed by atoms with E-state index in [0.29, 0.717) is 0 Å². The predicted octanol–water partition coefficient (Wildman–Crippen LogP) is 3.31.